The molecule has 0 saturated heterocycles. The minimum absolute atomic E-state index is 0.0688. The van der Waals surface area contributed by atoms with E-state index in [0.29, 0.717) is 40.7 Å². The average Bonchev–Trinajstić information content (AvgIpc) is 3.31. The van der Waals surface area contributed by atoms with Gasteiger partial charge in [-0.25, -0.2) is 15.0 Å². The largest absolute Gasteiger partial charge is 0.497 e. The van der Waals surface area contributed by atoms with Gasteiger partial charge in [-0.2, -0.15) is 0 Å². The van der Waals surface area contributed by atoms with Crippen LogP contribution >= 0.6 is 23.5 Å². The minimum Gasteiger partial charge on any atom is -0.497 e. The van der Waals surface area contributed by atoms with Gasteiger partial charge in [0.1, 0.15) is 17.5 Å². The number of halogens is 1. The molecule has 10 nitrogen and oxygen atoms in total. The fourth-order valence-corrected chi connectivity index (χ4v) is 4.36. The van der Waals surface area contributed by atoms with Gasteiger partial charge < -0.3 is 14.2 Å². The predicted molar refractivity (Wildman–Crippen MR) is 139 cm³/mol. The summed E-state index contributed by atoms with van der Waals surface area (Å²) in [6.07, 6.45) is 2.75. The first kappa shape index (κ1) is 25.7. The molecule has 0 bridgehead atoms. The van der Waals surface area contributed by atoms with Crippen LogP contribution in [-0.4, -0.2) is 56.3 Å². The van der Waals surface area contributed by atoms with Gasteiger partial charge in [-0.05, 0) is 42.6 Å². The number of hydrogen-bond acceptors (Lipinski definition) is 10. The quantitative estimate of drug-likeness (QED) is 0.276. The number of ether oxygens (including phenoxy) is 3. The highest BCUT2D eigenvalue weighted by molar-refractivity contribution is 8.01. The summed E-state index contributed by atoms with van der Waals surface area (Å²) in [4.78, 5) is 13.1. The van der Waals surface area contributed by atoms with Crippen LogP contribution in [0.3, 0.4) is 0 Å². The molecule has 4 aromatic rings. The van der Waals surface area contributed by atoms with E-state index in [4.69, 9.17) is 25.8 Å². The summed E-state index contributed by atoms with van der Waals surface area (Å²) in [5.74, 6) is 2.99. The second kappa shape index (κ2) is 12.0. The summed E-state index contributed by atoms with van der Waals surface area (Å²) in [5, 5.41) is 9.23. The molecule has 1 N–H and O–H groups in total. The van der Waals surface area contributed by atoms with E-state index in [1.807, 2.05) is 47.9 Å². The molecule has 0 amide bonds. The van der Waals surface area contributed by atoms with Gasteiger partial charge in [0.15, 0.2) is 11.6 Å². The van der Waals surface area contributed by atoms with Crippen molar-refractivity contribution in [2.24, 2.45) is 0 Å². The first-order valence-electron chi connectivity index (χ1n) is 11.0. The summed E-state index contributed by atoms with van der Waals surface area (Å²) in [6.45, 7) is 2.52. The molecular weight excluding hydrogens is 502 g/mol. The molecule has 3 heterocycles. The van der Waals surface area contributed by atoms with Crippen molar-refractivity contribution in [3.8, 4) is 23.1 Å². The number of benzene rings is 1. The molecule has 0 radical (unpaired) electrons. The Morgan fingerprint density at radius 1 is 1.00 bits per heavy atom. The average molecular weight is 528 g/mol. The zero-order valence-electron chi connectivity index (χ0n) is 20.3. The normalized spacial score (nSPS) is 12.7. The first-order valence-corrected chi connectivity index (χ1v) is 12.3. The summed E-state index contributed by atoms with van der Waals surface area (Å²) < 4.78 is 21.5. The Hall–Kier alpha value is -3.41. The van der Waals surface area contributed by atoms with Crippen molar-refractivity contribution in [3.63, 3.8) is 0 Å². The SMILES string of the molecule is COc1ccc(Cn2c(NSC(C)C(OC)c3ncc(Cl)cn3)nnc2-c2cccc(OC)n2)cc1. The van der Waals surface area contributed by atoms with E-state index in [9.17, 15) is 0 Å². The smallest absolute Gasteiger partial charge is 0.235 e. The van der Waals surface area contributed by atoms with Crippen LogP contribution in [0.25, 0.3) is 11.5 Å². The minimum atomic E-state index is -0.364. The van der Waals surface area contributed by atoms with Crippen molar-refractivity contribution < 1.29 is 14.2 Å². The second-order valence-electron chi connectivity index (χ2n) is 7.69. The molecule has 0 aliphatic rings. The van der Waals surface area contributed by atoms with E-state index in [2.05, 4.69) is 29.9 Å². The molecule has 0 saturated carbocycles. The first-order chi connectivity index (χ1) is 17.5. The fraction of sp³-hybridized carbons (Fsp3) is 0.292. The van der Waals surface area contributed by atoms with Crippen LogP contribution in [0.15, 0.2) is 54.9 Å². The standard InChI is InChI=1S/C24H26ClN7O3S/c1-15(21(35-4)22-26-12-17(25)13-27-22)36-31-24-30-29-23(19-6-5-7-20(28-19)34-3)32(24)14-16-8-10-18(33-2)11-9-16/h5-13,15,21H,14H2,1-4H3,(H,30,31). The van der Waals surface area contributed by atoms with Gasteiger partial charge >= 0.3 is 0 Å². The summed E-state index contributed by atoms with van der Waals surface area (Å²) in [7, 11) is 4.85. The molecule has 36 heavy (non-hydrogen) atoms. The third-order valence-corrected chi connectivity index (χ3v) is 6.44. The molecule has 0 fully saturated rings. The Bertz CT molecular complexity index is 1270. The number of aromatic nitrogens is 6. The van der Waals surface area contributed by atoms with Crippen LogP contribution in [0.5, 0.6) is 11.6 Å². The third-order valence-electron chi connectivity index (χ3n) is 5.32. The van der Waals surface area contributed by atoms with Crippen LogP contribution in [-0.2, 0) is 11.3 Å². The van der Waals surface area contributed by atoms with E-state index >= 15 is 0 Å². The molecule has 2 atom stereocenters. The van der Waals surface area contributed by atoms with Gasteiger partial charge in [-0.1, -0.05) is 29.8 Å². The Morgan fingerprint density at radius 2 is 1.75 bits per heavy atom. The molecule has 12 heteroatoms. The lowest BCUT2D eigenvalue weighted by Crippen LogP contribution is -2.19. The molecule has 0 aliphatic heterocycles. The Balaban J connectivity index is 1.60. The molecular formula is C24H26ClN7O3S. The van der Waals surface area contributed by atoms with Crippen LogP contribution in [0.4, 0.5) is 5.95 Å². The lowest BCUT2D eigenvalue weighted by molar-refractivity contribution is 0.0972. The summed E-state index contributed by atoms with van der Waals surface area (Å²) in [5.41, 5.74) is 1.69. The number of nitrogens with one attached hydrogen (secondary N) is 1. The zero-order valence-corrected chi connectivity index (χ0v) is 21.8. The number of nitrogens with zero attached hydrogens (tertiary/aromatic N) is 6. The summed E-state index contributed by atoms with van der Waals surface area (Å²) >= 11 is 7.36. The van der Waals surface area contributed by atoms with Crippen molar-refractivity contribution in [2.75, 3.05) is 26.1 Å². The van der Waals surface area contributed by atoms with Crippen molar-refractivity contribution in [1.29, 1.82) is 0 Å². The maximum Gasteiger partial charge on any atom is 0.235 e. The third kappa shape index (κ3) is 6.04. The number of anilines is 1. The van der Waals surface area contributed by atoms with Gasteiger partial charge in [0.05, 0.1) is 31.0 Å². The summed E-state index contributed by atoms with van der Waals surface area (Å²) in [6, 6.07) is 13.4. The Morgan fingerprint density at radius 3 is 2.42 bits per heavy atom. The zero-order chi connectivity index (χ0) is 25.5. The predicted octanol–water partition coefficient (Wildman–Crippen LogP) is 4.69. The monoisotopic (exact) mass is 527 g/mol. The van der Waals surface area contributed by atoms with E-state index in [1.54, 1.807) is 39.8 Å². The highest BCUT2D eigenvalue weighted by Crippen LogP contribution is 2.30. The van der Waals surface area contributed by atoms with Gasteiger partial charge in [0, 0.05) is 25.6 Å². The van der Waals surface area contributed by atoms with Gasteiger partial charge in [0.2, 0.25) is 11.8 Å². The van der Waals surface area contributed by atoms with E-state index in [-0.39, 0.29) is 11.4 Å². The molecule has 188 valence electrons. The molecule has 1 aromatic carbocycles. The van der Waals surface area contributed by atoms with Gasteiger partial charge in [-0.3, -0.25) is 9.29 Å². The van der Waals surface area contributed by atoms with Crippen molar-refractivity contribution >= 4 is 29.5 Å². The Labute approximate surface area is 218 Å². The van der Waals surface area contributed by atoms with Gasteiger partial charge in [0.25, 0.3) is 0 Å². The number of methoxy groups -OCH3 is 3. The topological polar surface area (TPSA) is 109 Å². The fourth-order valence-electron chi connectivity index (χ4n) is 3.47. The maximum atomic E-state index is 5.93. The van der Waals surface area contributed by atoms with Crippen LogP contribution in [0.2, 0.25) is 5.02 Å². The molecule has 2 unspecified atom stereocenters. The van der Waals surface area contributed by atoms with Crippen LogP contribution in [0, 0.1) is 0 Å². The van der Waals surface area contributed by atoms with E-state index in [0.717, 1.165) is 11.3 Å². The number of rotatable bonds is 11. The second-order valence-corrected chi connectivity index (χ2v) is 9.31. The van der Waals surface area contributed by atoms with E-state index < -0.39 is 0 Å². The lowest BCUT2D eigenvalue weighted by Gasteiger charge is -2.21. The highest BCUT2D eigenvalue weighted by atomic mass is 35.5. The maximum absolute atomic E-state index is 5.93. The van der Waals surface area contributed by atoms with Gasteiger partial charge in [-0.15, -0.1) is 10.2 Å². The molecule has 3 aromatic heterocycles. The highest BCUT2D eigenvalue weighted by Gasteiger charge is 2.24. The lowest BCUT2D eigenvalue weighted by atomic mass is 10.2. The van der Waals surface area contributed by atoms with Crippen LogP contribution in [0.1, 0.15) is 24.4 Å². The number of hydrogen-bond donors (Lipinski definition) is 1. The molecule has 4 rings (SSSR count). The van der Waals surface area contributed by atoms with Crippen molar-refractivity contribution in [2.45, 2.75) is 24.8 Å². The molecule has 0 aliphatic carbocycles. The molecule has 0 spiro atoms. The number of pyridine rings is 1. The van der Waals surface area contributed by atoms with Crippen molar-refractivity contribution in [1.82, 2.24) is 29.7 Å². The van der Waals surface area contributed by atoms with E-state index in [1.165, 1.54) is 11.9 Å². The Kier molecular flexibility index (Phi) is 8.57. The van der Waals surface area contributed by atoms with Crippen molar-refractivity contribution in [3.05, 3.63) is 71.3 Å². The van der Waals surface area contributed by atoms with Crippen LogP contribution < -0.4 is 14.2 Å².